The zero-order valence-corrected chi connectivity index (χ0v) is 12.7. The minimum Gasteiger partial charge on any atom is -0.368 e. The number of nitro groups is 1. The van der Waals surface area contributed by atoms with E-state index < -0.39 is 4.92 Å². The Morgan fingerprint density at radius 2 is 2.30 bits per heavy atom. The Labute approximate surface area is 125 Å². The van der Waals surface area contributed by atoms with E-state index in [1.165, 1.54) is 17.1 Å². The molecule has 0 aliphatic heterocycles. The van der Waals surface area contributed by atoms with Crippen LogP contribution < -0.4 is 5.32 Å². The highest BCUT2D eigenvalue weighted by Crippen LogP contribution is 2.29. The van der Waals surface area contributed by atoms with Crippen LogP contribution in [0.5, 0.6) is 0 Å². The predicted octanol–water partition coefficient (Wildman–Crippen LogP) is 4.09. The molecule has 0 spiro atoms. The van der Waals surface area contributed by atoms with Crippen LogP contribution in [0.3, 0.4) is 0 Å². The number of thiophene rings is 1. The van der Waals surface area contributed by atoms with E-state index in [1.54, 1.807) is 11.3 Å². The number of rotatable bonds is 5. The minimum absolute atomic E-state index is 0.0685. The van der Waals surface area contributed by atoms with Gasteiger partial charge in [0.2, 0.25) is 0 Å². The maximum Gasteiger partial charge on any atom is 0.289 e. The lowest BCUT2D eigenvalue weighted by Gasteiger charge is -2.24. The summed E-state index contributed by atoms with van der Waals surface area (Å²) in [7, 11) is 0. The van der Waals surface area contributed by atoms with Crippen molar-refractivity contribution in [2.75, 3.05) is 11.9 Å². The van der Waals surface area contributed by atoms with Crippen molar-refractivity contribution in [3.8, 4) is 0 Å². The monoisotopic (exact) mass is 311 g/mol. The van der Waals surface area contributed by atoms with Crippen molar-refractivity contribution in [1.82, 2.24) is 4.98 Å². The topological polar surface area (TPSA) is 68.1 Å². The lowest BCUT2D eigenvalue weighted by Crippen LogP contribution is -2.27. The first-order valence-corrected chi connectivity index (χ1v) is 7.24. The van der Waals surface area contributed by atoms with Gasteiger partial charge in [-0.3, -0.25) is 10.1 Å². The third-order valence-corrected chi connectivity index (χ3v) is 4.45. The van der Waals surface area contributed by atoms with E-state index in [1.807, 2.05) is 11.4 Å². The maximum absolute atomic E-state index is 10.6. The Kier molecular flexibility index (Phi) is 4.25. The van der Waals surface area contributed by atoms with Crippen molar-refractivity contribution < 1.29 is 4.92 Å². The summed E-state index contributed by atoms with van der Waals surface area (Å²) in [6.07, 6.45) is 1.20. The molecule has 2 aromatic heterocycles. The molecular weight excluding hydrogens is 298 g/mol. The Morgan fingerprint density at radius 3 is 2.85 bits per heavy atom. The van der Waals surface area contributed by atoms with Crippen molar-refractivity contribution >= 4 is 34.4 Å². The molecule has 0 atom stereocenters. The van der Waals surface area contributed by atoms with Crippen LogP contribution >= 0.6 is 22.9 Å². The van der Waals surface area contributed by atoms with Crippen LogP contribution in [0.4, 0.5) is 11.5 Å². The van der Waals surface area contributed by atoms with E-state index in [9.17, 15) is 10.1 Å². The fraction of sp³-hybridized carbons (Fsp3) is 0.308. The van der Waals surface area contributed by atoms with Gasteiger partial charge in [-0.15, -0.1) is 11.3 Å². The molecule has 0 unspecified atom stereocenters. The second kappa shape index (κ2) is 5.76. The van der Waals surface area contributed by atoms with Crippen LogP contribution in [-0.2, 0) is 5.41 Å². The Bertz CT molecular complexity index is 614. The van der Waals surface area contributed by atoms with Gasteiger partial charge in [0.05, 0.1) is 9.95 Å². The molecule has 5 nitrogen and oxygen atoms in total. The summed E-state index contributed by atoms with van der Waals surface area (Å²) in [5, 5.41) is 16.1. The number of pyridine rings is 1. The molecule has 0 saturated heterocycles. The van der Waals surface area contributed by atoms with Crippen molar-refractivity contribution in [1.29, 1.82) is 0 Å². The smallest absolute Gasteiger partial charge is 0.289 e. The second-order valence-electron chi connectivity index (χ2n) is 5.00. The summed E-state index contributed by atoms with van der Waals surface area (Å²) < 4.78 is 0. The van der Waals surface area contributed by atoms with Crippen molar-refractivity contribution in [3.63, 3.8) is 0 Å². The third-order valence-electron chi connectivity index (χ3n) is 2.92. The molecular formula is C13H14ClN3O2S. The van der Waals surface area contributed by atoms with E-state index in [4.69, 9.17) is 11.6 Å². The Morgan fingerprint density at radius 1 is 1.55 bits per heavy atom. The molecule has 0 saturated carbocycles. The number of nitrogens with one attached hydrogen (secondary N) is 1. The first-order chi connectivity index (χ1) is 9.40. The van der Waals surface area contributed by atoms with Gasteiger partial charge >= 0.3 is 0 Å². The van der Waals surface area contributed by atoms with Gasteiger partial charge in [-0.05, 0) is 11.4 Å². The zero-order chi connectivity index (χ0) is 14.8. The van der Waals surface area contributed by atoms with Crippen molar-refractivity contribution in [2.24, 2.45) is 0 Å². The zero-order valence-electron chi connectivity index (χ0n) is 11.1. The van der Waals surface area contributed by atoms with Crippen LogP contribution in [0.25, 0.3) is 0 Å². The first-order valence-electron chi connectivity index (χ1n) is 5.98. The van der Waals surface area contributed by atoms with Crippen LogP contribution in [0, 0.1) is 10.1 Å². The van der Waals surface area contributed by atoms with E-state index in [0.29, 0.717) is 12.4 Å². The summed E-state index contributed by atoms with van der Waals surface area (Å²) in [5.74, 6) is 0.460. The number of nitrogens with zero attached hydrogens (tertiary/aromatic N) is 2. The fourth-order valence-corrected chi connectivity index (χ4v) is 2.79. The van der Waals surface area contributed by atoms with Gasteiger partial charge in [0.15, 0.2) is 0 Å². The van der Waals surface area contributed by atoms with Crippen LogP contribution in [0.15, 0.2) is 29.8 Å². The first kappa shape index (κ1) is 14.7. The summed E-state index contributed by atoms with van der Waals surface area (Å²) in [6.45, 7) is 4.87. The minimum atomic E-state index is -0.516. The molecule has 0 aliphatic rings. The SMILES string of the molecule is CC(C)(CNc1ncc([N+](=O)[O-])cc1Cl)c1cccs1. The van der Waals surface area contributed by atoms with Gasteiger partial charge in [-0.2, -0.15) is 0 Å². The van der Waals surface area contributed by atoms with Crippen LogP contribution in [0.1, 0.15) is 18.7 Å². The third kappa shape index (κ3) is 3.26. The summed E-state index contributed by atoms with van der Waals surface area (Å²) in [5.41, 5.74) is -0.181. The van der Waals surface area contributed by atoms with Crippen molar-refractivity contribution in [3.05, 3.63) is 49.8 Å². The molecule has 0 aromatic carbocycles. The molecule has 0 radical (unpaired) electrons. The highest BCUT2D eigenvalue weighted by Gasteiger charge is 2.22. The standard InChI is InChI=1S/C13H14ClN3O2S/c1-13(2,11-4-3-5-20-11)8-16-12-10(14)6-9(7-15-12)17(18)19/h3-7H,8H2,1-2H3,(H,15,16). The quantitative estimate of drug-likeness (QED) is 0.667. The molecule has 0 aliphatic carbocycles. The molecule has 0 fully saturated rings. The van der Waals surface area contributed by atoms with Gasteiger partial charge in [0.1, 0.15) is 12.0 Å². The predicted molar refractivity (Wildman–Crippen MR) is 81.7 cm³/mol. The molecule has 2 heterocycles. The highest BCUT2D eigenvalue weighted by atomic mass is 35.5. The molecule has 2 aromatic rings. The van der Waals surface area contributed by atoms with Gasteiger partial charge in [-0.1, -0.05) is 31.5 Å². The van der Waals surface area contributed by atoms with Crippen LogP contribution in [0.2, 0.25) is 5.02 Å². The lowest BCUT2D eigenvalue weighted by molar-refractivity contribution is -0.385. The highest BCUT2D eigenvalue weighted by molar-refractivity contribution is 7.10. The lowest BCUT2D eigenvalue weighted by atomic mass is 9.91. The second-order valence-corrected chi connectivity index (χ2v) is 6.35. The number of halogens is 1. The molecule has 7 heteroatoms. The Hall–Kier alpha value is -1.66. The largest absolute Gasteiger partial charge is 0.368 e. The Balaban J connectivity index is 2.10. The summed E-state index contributed by atoms with van der Waals surface area (Å²) in [4.78, 5) is 15.4. The molecule has 1 N–H and O–H groups in total. The van der Waals surface area contributed by atoms with E-state index in [2.05, 4.69) is 30.2 Å². The molecule has 0 bridgehead atoms. The van der Waals surface area contributed by atoms with Gasteiger partial charge in [0, 0.05) is 22.9 Å². The number of hydrogen-bond donors (Lipinski definition) is 1. The average Bonchev–Trinajstić information content (AvgIpc) is 2.91. The number of aromatic nitrogens is 1. The van der Waals surface area contributed by atoms with Gasteiger partial charge < -0.3 is 5.32 Å². The summed E-state index contributed by atoms with van der Waals surface area (Å²) >= 11 is 7.69. The van der Waals surface area contributed by atoms with Crippen molar-refractivity contribution in [2.45, 2.75) is 19.3 Å². The van der Waals surface area contributed by atoms with Crippen LogP contribution in [-0.4, -0.2) is 16.5 Å². The fourth-order valence-electron chi connectivity index (χ4n) is 1.71. The number of anilines is 1. The maximum atomic E-state index is 10.6. The van der Waals surface area contributed by atoms with E-state index in [-0.39, 0.29) is 16.1 Å². The molecule has 0 amide bonds. The van der Waals surface area contributed by atoms with Gasteiger partial charge in [-0.25, -0.2) is 4.98 Å². The number of hydrogen-bond acceptors (Lipinski definition) is 5. The average molecular weight is 312 g/mol. The van der Waals surface area contributed by atoms with E-state index in [0.717, 1.165) is 0 Å². The normalized spacial score (nSPS) is 11.3. The van der Waals surface area contributed by atoms with Gasteiger partial charge in [0.25, 0.3) is 5.69 Å². The molecule has 106 valence electrons. The molecule has 2 rings (SSSR count). The summed E-state index contributed by atoms with van der Waals surface area (Å²) in [6, 6.07) is 5.39. The van der Waals surface area contributed by atoms with E-state index >= 15 is 0 Å². The molecule has 20 heavy (non-hydrogen) atoms.